The average molecular weight is 276 g/mol. The van der Waals surface area contributed by atoms with Crippen LogP contribution in [-0.2, 0) is 9.53 Å². The van der Waals surface area contributed by atoms with Gasteiger partial charge in [-0.2, -0.15) is 5.26 Å². The molecule has 0 unspecified atom stereocenters. The fraction of sp³-hybridized carbons (Fsp3) is 0.750. The molecule has 4 heteroatoms. The van der Waals surface area contributed by atoms with Gasteiger partial charge >= 0.3 is 0 Å². The third-order valence-corrected chi connectivity index (χ3v) is 4.60. The maximum atomic E-state index is 12.3. The van der Waals surface area contributed by atoms with Crippen LogP contribution in [0.4, 0.5) is 0 Å². The second-order valence-electron chi connectivity index (χ2n) is 6.56. The summed E-state index contributed by atoms with van der Waals surface area (Å²) in [5.41, 5.74) is 0.567. The van der Waals surface area contributed by atoms with Crippen LogP contribution in [0.2, 0.25) is 0 Å². The summed E-state index contributed by atoms with van der Waals surface area (Å²) in [6.45, 7) is 5.46. The molecule has 1 saturated heterocycles. The molecule has 1 heterocycles. The number of hydrogen-bond acceptors (Lipinski definition) is 3. The number of nitrogens with zero attached hydrogens (tertiary/aromatic N) is 1. The van der Waals surface area contributed by atoms with Gasteiger partial charge in [0.05, 0.1) is 6.07 Å². The van der Waals surface area contributed by atoms with Crippen molar-refractivity contribution in [2.45, 2.75) is 57.9 Å². The van der Waals surface area contributed by atoms with E-state index in [1.54, 1.807) is 6.08 Å². The maximum Gasteiger partial charge on any atom is 0.245 e. The molecule has 0 radical (unpaired) electrons. The van der Waals surface area contributed by atoms with E-state index < -0.39 is 5.54 Å². The second kappa shape index (κ2) is 5.97. The third kappa shape index (κ3) is 3.40. The molecule has 2 aliphatic rings. The van der Waals surface area contributed by atoms with Gasteiger partial charge in [-0.1, -0.05) is 25.8 Å². The van der Waals surface area contributed by atoms with Crippen LogP contribution in [-0.4, -0.2) is 24.7 Å². The predicted octanol–water partition coefficient (Wildman–Crippen LogP) is 2.70. The minimum absolute atomic E-state index is 0.102. The van der Waals surface area contributed by atoms with E-state index in [1.165, 1.54) is 12.0 Å². The highest BCUT2D eigenvalue weighted by Gasteiger charge is 2.34. The van der Waals surface area contributed by atoms with Gasteiger partial charge in [-0.05, 0) is 24.7 Å². The molecular weight excluding hydrogens is 252 g/mol. The second-order valence-corrected chi connectivity index (χ2v) is 6.56. The van der Waals surface area contributed by atoms with Crippen LogP contribution >= 0.6 is 0 Å². The van der Waals surface area contributed by atoms with Crippen LogP contribution < -0.4 is 5.32 Å². The number of nitriles is 1. The molecule has 2 rings (SSSR count). The summed E-state index contributed by atoms with van der Waals surface area (Å²) < 4.78 is 5.27. The fourth-order valence-electron chi connectivity index (χ4n) is 3.06. The highest BCUT2D eigenvalue weighted by atomic mass is 16.5. The molecule has 0 atom stereocenters. The van der Waals surface area contributed by atoms with E-state index in [0.29, 0.717) is 26.1 Å². The first kappa shape index (κ1) is 15.1. The Morgan fingerprint density at radius 1 is 1.30 bits per heavy atom. The first-order valence-electron chi connectivity index (χ1n) is 7.50. The summed E-state index contributed by atoms with van der Waals surface area (Å²) in [7, 11) is 0. The van der Waals surface area contributed by atoms with Crippen molar-refractivity contribution >= 4 is 5.91 Å². The molecule has 110 valence electrons. The minimum Gasteiger partial charge on any atom is -0.381 e. The SMILES string of the molecule is CC1(C)CCCC/C1=C/C(=O)NC1(C#N)CCOCC1. The largest absolute Gasteiger partial charge is 0.381 e. The summed E-state index contributed by atoms with van der Waals surface area (Å²) in [5, 5.41) is 12.3. The smallest absolute Gasteiger partial charge is 0.245 e. The number of carbonyl (C=O) groups is 1. The van der Waals surface area contributed by atoms with E-state index in [9.17, 15) is 10.1 Å². The summed E-state index contributed by atoms with van der Waals surface area (Å²) in [6, 6.07) is 2.27. The van der Waals surface area contributed by atoms with Crippen LogP contribution in [0.1, 0.15) is 52.4 Å². The topological polar surface area (TPSA) is 62.1 Å². The van der Waals surface area contributed by atoms with E-state index in [2.05, 4.69) is 25.2 Å². The average Bonchev–Trinajstić information content (AvgIpc) is 2.42. The van der Waals surface area contributed by atoms with Crippen molar-refractivity contribution in [1.82, 2.24) is 5.32 Å². The standard InChI is InChI=1S/C16H24N2O2/c1-15(2)6-4-3-5-13(15)11-14(19)18-16(12-17)7-9-20-10-8-16/h11H,3-10H2,1-2H3,(H,18,19)/b13-11-. The van der Waals surface area contributed by atoms with Crippen molar-refractivity contribution in [3.8, 4) is 6.07 Å². The van der Waals surface area contributed by atoms with Gasteiger partial charge in [0, 0.05) is 32.1 Å². The normalized spacial score (nSPS) is 26.8. The van der Waals surface area contributed by atoms with Crippen LogP contribution in [0.5, 0.6) is 0 Å². The van der Waals surface area contributed by atoms with E-state index in [-0.39, 0.29) is 11.3 Å². The Kier molecular flexibility index (Phi) is 4.49. The highest BCUT2D eigenvalue weighted by Crippen LogP contribution is 2.39. The Morgan fingerprint density at radius 2 is 2.00 bits per heavy atom. The first-order chi connectivity index (χ1) is 9.47. The number of rotatable bonds is 2. The van der Waals surface area contributed by atoms with Crippen molar-refractivity contribution in [3.63, 3.8) is 0 Å². The lowest BCUT2D eigenvalue weighted by atomic mass is 9.73. The van der Waals surface area contributed by atoms with E-state index in [1.807, 2.05) is 0 Å². The summed E-state index contributed by atoms with van der Waals surface area (Å²) in [5.74, 6) is -0.126. The van der Waals surface area contributed by atoms with Crippen LogP contribution in [0.3, 0.4) is 0 Å². The van der Waals surface area contributed by atoms with Gasteiger partial charge in [0.1, 0.15) is 5.54 Å². The molecular formula is C16H24N2O2. The molecule has 1 N–H and O–H groups in total. The molecule has 0 bridgehead atoms. The summed E-state index contributed by atoms with van der Waals surface area (Å²) in [6.07, 6.45) is 7.37. The molecule has 0 spiro atoms. The minimum atomic E-state index is -0.745. The van der Waals surface area contributed by atoms with Crippen molar-refractivity contribution < 1.29 is 9.53 Å². The van der Waals surface area contributed by atoms with Crippen molar-refractivity contribution in [1.29, 1.82) is 5.26 Å². The molecule has 2 fully saturated rings. The lowest BCUT2D eigenvalue weighted by molar-refractivity contribution is -0.118. The van der Waals surface area contributed by atoms with Crippen molar-refractivity contribution in [3.05, 3.63) is 11.6 Å². The molecule has 4 nitrogen and oxygen atoms in total. The number of ether oxygens (including phenoxy) is 1. The molecule has 1 amide bonds. The van der Waals surface area contributed by atoms with Crippen molar-refractivity contribution in [2.75, 3.05) is 13.2 Å². The predicted molar refractivity (Wildman–Crippen MR) is 76.9 cm³/mol. The highest BCUT2D eigenvalue weighted by molar-refractivity contribution is 5.89. The van der Waals surface area contributed by atoms with Crippen LogP contribution in [0, 0.1) is 16.7 Å². The Bertz CT molecular complexity index is 440. The Hall–Kier alpha value is -1.34. The van der Waals surface area contributed by atoms with Crippen LogP contribution in [0.15, 0.2) is 11.6 Å². The van der Waals surface area contributed by atoms with E-state index in [4.69, 9.17) is 4.74 Å². The first-order valence-corrected chi connectivity index (χ1v) is 7.50. The quantitative estimate of drug-likeness (QED) is 0.789. The van der Waals surface area contributed by atoms with E-state index >= 15 is 0 Å². The van der Waals surface area contributed by atoms with E-state index in [0.717, 1.165) is 19.3 Å². The zero-order chi connectivity index (χ0) is 14.6. The zero-order valence-corrected chi connectivity index (χ0v) is 12.5. The lowest BCUT2D eigenvalue weighted by Crippen LogP contribution is -2.50. The molecule has 0 aromatic heterocycles. The zero-order valence-electron chi connectivity index (χ0n) is 12.5. The Morgan fingerprint density at radius 3 is 2.60 bits per heavy atom. The molecule has 0 aromatic rings. The number of amides is 1. The van der Waals surface area contributed by atoms with Gasteiger partial charge < -0.3 is 10.1 Å². The number of carbonyl (C=O) groups excluding carboxylic acids is 1. The third-order valence-electron chi connectivity index (χ3n) is 4.60. The van der Waals surface area contributed by atoms with Gasteiger partial charge in [-0.15, -0.1) is 0 Å². The van der Waals surface area contributed by atoms with Crippen molar-refractivity contribution in [2.24, 2.45) is 5.41 Å². The summed E-state index contributed by atoms with van der Waals surface area (Å²) >= 11 is 0. The fourth-order valence-corrected chi connectivity index (χ4v) is 3.06. The molecule has 1 aliphatic heterocycles. The lowest BCUT2D eigenvalue weighted by Gasteiger charge is -2.34. The summed E-state index contributed by atoms with van der Waals surface area (Å²) in [4.78, 5) is 12.3. The van der Waals surface area contributed by atoms with Gasteiger partial charge in [0.25, 0.3) is 0 Å². The number of nitrogens with one attached hydrogen (secondary N) is 1. The van der Waals surface area contributed by atoms with Gasteiger partial charge in [0.15, 0.2) is 0 Å². The van der Waals surface area contributed by atoms with Gasteiger partial charge in [-0.3, -0.25) is 4.79 Å². The van der Waals surface area contributed by atoms with Gasteiger partial charge in [0.2, 0.25) is 5.91 Å². The molecule has 0 aromatic carbocycles. The molecule has 1 saturated carbocycles. The maximum absolute atomic E-state index is 12.3. The number of allylic oxidation sites excluding steroid dienone is 1. The molecule has 1 aliphatic carbocycles. The Labute approximate surface area is 121 Å². The monoisotopic (exact) mass is 276 g/mol. The Balaban J connectivity index is 2.06. The van der Waals surface area contributed by atoms with Gasteiger partial charge in [-0.25, -0.2) is 0 Å². The number of hydrogen-bond donors (Lipinski definition) is 1. The molecule has 20 heavy (non-hydrogen) atoms. The van der Waals surface area contributed by atoms with Crippen LogP contribution in [0.25, 0.3) is 0 Å².